The summed E-state index contributed by atoms with van der Waals surface area (Å²) in [6, 6.07) is 7.79. The molecule has 6 heteroatoms. The second-order valence-corrected chi connectivity index (χ2v) is 5.74. The summed E-state index contributed by atoms with van der Waals surface area (Å²) in [5, 5.41) is 8.89. The van der Waals surface area contributed by atoms with Gasteiger partial charge >= 0.3 is 11.1 Å². The molecule has 1 aliphatic rings. The van der Waals surface area contributed by atoms with Crippen LogP contribution in [0.25, 0.3) is 0 Å². The summed E-state index contributed by atoms with van der Waals surface area (Å²) in [5.41, 5.74) is 1.33. The van der Waals surface area contributed by atoms with Gasteiger partial charge in [-0.15, -0.1) is 11.8 Å². The second kappa shape index (κ2) is 5.02. The number of hydrogen-bond donors (Lipinski definition) is 2. The Morgan fingerprint density at radius 2 is 2.15 bits per heavy atom. The zero-order valence-corrected chi connectivity index (χ0v) is 11.3. The standard InChI is InChI=1S/C14H11N3O2S/c15-5-8-1-2-9-4-10(7-20-12(9)3-8)11-6-16-13(18)14(19)17-11/h1-3,6,10H,4,7H2,(H,16,18)(H,17,19). The first-order valence-corrected chi connectivity index (χ1v) is 7.13. The molecule has 2 N–H and O–H groups in total. The molecule has 0 saturated carbocycles. The molecule has 5 nitrogen and oxygen atoms in total. The minimum absolute atomic E-state index is 0.157. The molecular formula is C14H11N3O2S. The van der Waals surface area contributed by atoms with Crippen LogP contribution in [0.1, 0.15) is 22.7 Å². The van der Waals surface area contributed by atoms with E-state index in [-0.39, 0.29) is 5.92 Å². The van der Waals surface area contributed by atoms with Crippen molar-refractivity contribution in [2.45, 2.75) is 17.2 Å². The van der Waals surface area contributed by atoms with Crippen LogP contribution in [-0.4, -0.2) is 15.7 Å². The van der Waals surface area contributed by atoms with Gasteiger partial charge in [0.25, 0.3) is 0 Å². The van der Waals surface area contributed by atoms with Crippen LogP contribution in [0.15, 0.2) is 38.9 Å². The number of thioether (sulfide) groups is 1. The van der Waals surface area contributed by atoms with Crippen LogP contribution in [0.3, 0.4) is 0 Å². The van der Waals surface area contributed by atoms with Gasteiger partial charge < -0.3 is 9.97 Å². The fourth-order valence-electron chi connectivity index (χ4n) is 2.29. The Bertz CT molecular complexity index is 816. The molecule has 100 valence electrons. The van der Waals surface area contributed by atoms with Crippen molar-refractivity contribution in [2.24, 2.45) is 0 Å². The molecule has 1 unspecified atom stereocenters. The van der Waals surface area contributed by atoms with E-state index in [1.54, 1.807) is 24.0 Å². The number of hydrogen-bond acceptors (Lipinski definition) is 4. The fraction of sp³-hybridized carbons (Fsp3) is 0.214. The number of rotatable bonds is 1. The van der Waals surface area contributed by atoms with Crippen LogP contribution >= 0.6 is 11.8 Å². The quantitative estimate of drug-likeness (QED) is 0.774. The average molecular weight is 285 g/mol. The van der Waals surface area contributed by atoms with Crippen LogP contribution in [0.4, 0.5) is 0 Å². The molecule has 0 bridgehead atoms. The number of benzene rings is 1. The Balaban J connectivity index is 1.92. The SMILES string of the molecule is N#Cc1ccc2c(c1)SCC(c1c[nH]c(=O)c(=O)[nH]1)C2. The lowest BCUT2D eigenvalue weighted by molar-refractivity contribution is 0.707. The van der Waals surface area contributed by atoms with Gasteiger partial charge in [-0.25, -0.2) is 0 Å². The van der Waals surface area contributed by atoms with Crippen LogP contribution in [0.5, 0.6) is 0 Å². The summed E-state index contributed by atoms with van der Waals surface area (Å²) >= 11 is 1.67. The van der Waals surface area contributed by atoms with Gasteiger partial charge in [0.15, 0.2) is 0 Å². The number of H-pyrrole nitrogens is 2. The highest BCUT2D eigenvalue weighted by Gasteiger charge is 2.22. The monoisotopic (exact) mass is 285 g/mol. The molecular weight excluding hydrogens is 274 g/mol. The third kappa shape index (κ3) is 2.28. The molecule has 1 aliphatic heterocycles. The lowest BCUT2D eigenvalue weighted by Crippen LogP contribution is -2.31. The van der Waals surface area contributed by atoms with Crippen LogP contribution < -0.4 is 11.1 Å². The molecule has 1 aromatic heterocycles. The molecule has 3 rings (SSSR count). The van der Waals surface area contributed by atoms with E-state index in [9.17, 15) is 9.59 Å². The van der Waals surface area contributed by atoms with E-state index in [0.29, 0.717) is 5.56 Å². The van der Waals surface area contributed by atoms with Gasteiger partial charge in [0.2, 0.25) is 0 Å². The Morgan fingerprint density at radius 3 is 2.90 bits per heavy atom. The van der Waals surface area contributed by atoms with Crippen molar-refractivity contribution in [3.63, 3.8) is 0 Å². The summed E-state index contributed by atoms with van der Waals surface area (Å²) in [4.78, 5) is 28.7. The van der Waals surface area contributed by atoms with E-state index in [2.05, 4.69) is 16.0 Å². The van der Waals surface area contributed by atoms with Crippen molar-refractivity contribution in [2.75, 3.05) is 5.75 Å². The van der Waals surface area contributed by atoms with Crippen LogP contribution in [0.2, 0.25) is 0 Å². The first-order chi connectivity index (χ1) is 9.67. The molecule has 1 atom stereocenters. The van der Waals surface area contributed by atoms with E-state index in [4.69, 9.17) is 5.26 Å². The number of aromatic amines is 2. The zero-order chi connectivity index (χ0) is 14.1. The molecule has 0 amide bonds. The minimum atomic E-state index is -0.628. The molecule has 20 heavy (non-hydrogen) atoms. The maximum Gasteiger partial charge on any atom is 0.313 e. The highest BCUT2D eigenvalue weighted by atomic mass is 32.2. The number of nitrogens with one attached hydrogen (secondary N) is 2. The summed E-state index contributed by atoms with van der Waals surface area (Å²) in [6.45, 7) is 0. The average Bonchev–Trinajstić information content (AvgIpc) is 2.49. The molecule has 0 fully saturated rings. The van der Waals surface area contributed by atoms with Gasteiger partial charge in [-0.05, 0) is 24.1 Å². The zero-order valence-electron chi connectivity index (χ0n) is 10.5. The lowest BCUT2D eigenvalue weighted by Gasteiger charge is -2.23. The van der Waals surface area contributed by atoms with E-state index in [1.165, 1.54) is 0 Å². The Kier molecular flexibility index (Phi) is 3.20. The van der Waals surface area contributed by atoms with Crippen molar-refractivity contribution in [3.8, 4) is 6.07 Å². The van der Waals surface area contributed by atoms with Gasteiger partial charge in [0, 0.05) is 28.5 Å². The van der Waals surface area contributed by atoms with E-state index < -0.39 is 11.1 Å². The topological polar surface area (TPSA) is 89.5 Å². The molecule has 0 saturated heterocycles. The maximum absolute atomic E-state index is 11.4. The van der Waals surface area contributed by atoms with Crippen molar-refractivity contribution in [1.29, 1.82) is 5.26 Å². The van der Waals surface area contributed by atoms with E-state index >= 15 is 0 Å². The predicted octanol–water partition coefficient (Wildman–Crippen LogP) is 1.37. The van der Waals surface area contributed by atoms with Crippen LogP contribution in [-0.2, 0) is 6.42 Å². The first kappa shape index (κ1) is 12.8. The molecule has 0 aliphatic carbocycles. The fourth-order valence-corrected chi connectivity index (χ4v) is 3.52. The van der Waals surface area contributed by atoms with Gasteiger partial charge in [-0.3, -0.25) is 9.59 Å². The summed E-state index contributed by atoms with van der Waals surface area (Å²) < 4.78 is 0. The van der Waals surface area contributed by atoms with E-state index in [1.807, 2.05) is 12.1 Å². The van der Waals surface area contributed by atoms with Crippen LogP contribution in [0, 0.1) is 11.3 Å². The summed E-state index contributed by atoms with van der Waals surface area (Å²) in [5.74, 6) is 0.967. The molecule has 2 heterocycles. The Labute approximate surface area is 118 Å². The summed E-state index contributed by atoms with van der Waals surface area (Å²) in [6.07, 6.45) is 2.36. The van der Waals surface area contributed by atoms with Gasteiger partial charge in [-0.1, -0.05) is 6.07 Å². The predicted molar refractivity (Wildman–Crippen MR) is 76.0 cm³/mol. The smallest absolute Gasteiger partial charge is 0.313 e. The molecule has 0 spiro atoms. The van der Waals surface area contributed by atoms with Crippen molar-refractivity contribution < 1.29 is 0 Å². The van der Waals surface area contributed by atoms with Gasteiger partial charge in [-0.2, -0.15) is 5.26 Å². The highest BCUT2D eigenvalue weighted by Crippen LogP contribution is 2.37. The third-order valence-corrected chi connectivity index (χ3v) is 4.63. The molecule has 0 radical (unpaired) electrons. The largest absolute Gasteiger partial charge is 0.323 e. The number of nitriles is 1. The number of nitrogens with zero attached hydrogens (tertiary/aromatic N) is 1. The second-order valence-electron chi connectivity index (χ2n) is 4.67. The van der Waals surface area contributed by atoms with Crippen molar-refractivity contribution in [1.82, 2.24) is 9.97 Å². The van der Waals surface area contributed by atoms with Crippen molar-refractivity contribution in [3.05, 3.63) is 61.9 Å². The maximum atomic E-state index is 11.4. The van der Waals surface area contributed by atoms with Crippen molar-refractivity contribution >= 4 is 11.8 Å². The Morgan fingerprint density at radius 1 is 1.30 bits per heavy atom. The summed E-state index contributed by atoms with van der Waals surface area (Å²) in [7, 11) is 0. The third-order valence-electron chi connectivity index (χ3n) is 3.37. The van der Waals surface area contributed by atoms with Gasteiger partial charge in [0.1, 0.15) is 0 Å². The Hall–Kier alpha value is -2.26. The first-order valence-electron chi connectivity index (χ1n) is 6.15. The number of fused-ring (bicyclic) bond motifs is 1. The van der Waals surface area contributed by atoms with Gasteiger partial charge in [0.05, 0.1) is 11.6 Å². The normalized spacial score (nSPS) is 17.2. The molecule has 1 aromatic carbocycles. The lowest BCUT2D eigenvalue weighted by atomic mass is 9.97. The minimum Gasteiger partial charge on any atom is -0.323 e. The number of aromatic nitrogens is 2. The molecule has 2 aromatic rings. The van der Waals surface area contributed by atoms with E-state index in [0.717, 1.165) is 28.3 Å². The highest BCUT2D eigenvalue weighted by molar-refractivity contribution is 7.99.